The highest BCUT2D eigenvalue weighted by atomic mass is 19.2. The lowest BCUT2D eigenvalue weighted by Crippen LogP contribution is -2.42. The summed E-state index contributed by atoms with van der Waals surface area (Å²) in [7, 11) is 1.72. The Morgan fingerprint density at radius 2 is 2.00 bits per heavy atom. The van der Waals surface area contributed by atoms with Gasteiger partial charge in [-0.25, -0.2) is 8.78 Å². The average Bonchev–Trinajstić information content (AvgIpc) is 2.40. The van der Waals surface area contributed by atoms with Crippen LogP contribution in [0, 0.1) is 11.6 Å². The van der Waals surface area contributed by atoms with Crippen LogP contribution in [0.3, 0.4) is 0 Å². The fraction of sp³-hybridized carbons (Fsp3) is 0.571. The molecule has 1 aromatic carbocycles. The van der Waals surface area contributed by atoms with Gasteiger partial charge in [-0.15, -0.1) is 0 Å². The van der Waals surface area contributed by atoms with Crippen molar-refractivity contribution in [1.29, 1.82) is 0 Å². The Balaban J connectivity index is 1.91. The van der Waals surface area contributed by atoms with E-state index in [1.165, 1.54) is 25.0 Å². The highest BCUT2D eigenvalue weighted by Crippen LogP contribution is 2.21. The molecule has 1 aliphatic rings. The Labute approximate surface area is 106 Å². The smallest absolute Gasteiger partial charge is 0.159 e. The van der Waals surface area contributed by atoms with Crippen molar-refractivity contribution in [1.82, 2.24) is 5.32 Å². The molecule has 1 fully saturated rings. The minimum Gasteiger partial charge on any atom is -0.380 e. The minimum atomic E-state index is -0.800. The third-order valence-corrected chi connectivity index (χ3v) is 3.56. The van der Waals surface area contributed by atoms with Gasteiger partial charge in [-0.1, -0.05) is 18.9 Å². The molecule has 0 radical (unpaired) electrons. The molecule has 2 nitrogen and oxygen atoms in total. The Morgan fingerprint density at radius 3 is 2.72 bits per heavy atom. The number of hydrogen-bond acceptors (Lipinski definition) is 2. The summed E-state index contributed by atoms with van der Waals surface area (Å²) in [4.78, 5) is 0. The van der Waals surface area contributed by atoms with E-state index in [1.54, 1.807) is 13.2 Å². The molecule has 1 N–H and O–H groups in total. The van der Waals surface area contributed by atoms with Gasteiger partial charge in [-0.05, 0) is 30.5 Å². The van der Waals surface area contributed by atoms with Crippen LogP contribution in [0.5, 0.6) is 0 Å². The standard InChI is InChI=1S/C14H19F2NO/c1-18-14-5-3-2-4-13(14)17-9-10-6-7-11(15)12(16)8-10/h6-8,13-14,17H,2-5,9H2,1H3. The van der Waals surface area contributed by atoms with E-state index in [9.17, 15) is 8.78 Å². The Bertz CT molecular complexity index is 397. The van der Waals surface area contributed by atoms with E-state index in [1.807, 2.05) is 0 Å². The van der Waals surface area contributed by atoms with E-state index in [4.69, 9.17) is 4.74 Å². The van der Waals surface area contributed by atoms with Crippen molar-refractivity contribution in [3.63, 3.8) is 0 Å². The predicted octanol–water partition coefficient (Wildman–Crippen LogP) is 3.01. The lowest BCUT2D eigenvalue weighted by molar-refractivity contribution is 0.0413. The van der Waals surface area contributed by atoms with Gasteiger partial charge in [0.15, 0.2) is 11.6 Å². The first-order chi connectivity index (χ1) is 8.70. The van der Waals surface area contributed by atoms with Crippen molar-refractivity contribution in [2.45, 2.75) is 44.4 Å². The molecule has 0 amide bonds. The van der Waals surface area contributed by atoms with Crippen LogP contribution < -0.4 is 5.32 Å². The highest BCUT2D eigenvalue weighted by molar-refractivity contribution is 5.17. The zero-order valence-corrected chi connectivity index (χ0v) is 10.6. The van der Waals surface area contributed by atoms with Crippen LogP contribution in [0.2, 0.25) is 0 Å². The summed E-state index contributed by atoms with van der Waals surface area (Å²) in [6, 6.07) is 4.32. The lowest BCUT2D eigenvalue weighted by atomic mass is 9.92. The van der Waals surface area contributed by atoms with E-state index in [2.05, 4.69) is 5.32 Å². The maximum absolute atomic E-state index is 13.1. The normalized spacial score (nSPS) is 24.2. The van der Waals surface area contributed by atoms with Crippen LogP contribution in [-0.2, 0) is 11.3 Å². The van der Waals surface area contributed by atoms with E-state index in [0.29, 0.717) is 12.6 Å². The summed E-state index contributed by atoms with van der Waals surface area (Å²) in [5.74, 6) is -1.59. The van der Waals surface area contributed by atoms with Crippen LogP contribution in [-0.4, -0.2) is 19.3 Å². The zero-order chi connectivity index (χ0) is 13.0. The number of nitrogens with one attached hydrogen (secondary N) is 1. The minimum absolute atomic E-state index is 0.226. The van der Waals surface area contributed by atoms with Gasteiger partial charge in [0.25, 0.3) is 0 Å². The summed E-state index contributed by atoms with van der Waals surface area (Å²) in [6.45, 7) is 0.543. The number of benzene rings is 1. The van der Waals surface area contributed by atoms with Crippen LogP contribution in [0.1, 0.15) is 31.2 Å². The molecule has 0 aliphatic heterocycles. The Hall–Kier alpha value is -1.00. The third-order valence-electron chi connectivity index (χ3n) is 3.56. The van der Waals surface area contributed by atoms with Gasteiger partial charge < -0.3 is 10.1 Å². The Kier molecular flexibility index (Phi) is 4.66. The molecule has 2 atom stereocenters. The summed E-state index contributed by atoms with van der Waals surface area (Å²) < 4.78 is 31.3. The quantitative estimate of drug-likeness (QED) is 0.893. The summed E-state index contributed by atoms with van der Waals surface area (Å²) in [5, 5.41) is 3.37. The van der Waals surface area contributed by atoms with E-state index < -0.39 is 11.6 Å². The van der Waals surface area contributed by atoms with Gasteiger partial charge in [-0.3, -0.25) is 0 Å². The van der Waals surface area contributed by atoms with Gasteiger partial charge in [0.05, 0.1) is 6.10 Å². The number of halogens is 2. The lowest BCUT2D eigenvalue weighted by Gasteiger charge is -2.31. The molecule has 0 heterocycles. The number of ether oxygens (including phenoxy) is 1. The molecule has 2 rings (SSSR count). The second-order valence-corrected chi connectivity index (χ2v) is 4.79. The summed E-state index contributed by atoms with van der Waals surface area (Å²) >= 11 is 0. The molecule has 2 unspecified atom stereocenters. The van der Waals surface area contributed by atoms with Crippen molar-refractivity contribution in [3.8, 4) is 0 Å². The van der Waals surface area contributed by atoms with Crippen molar-refractivity contribution in [2.75, 3.05) is 7.11 Å². The van der Waals surface area contributed by atoms with Crippen molar-refractivity contribution >= 4 is 0 Å². The first-order valence-corrected chi connectivity index (χ1v) is 6.41. The fourth-order valence-electron chi connectivity index (χ4n) is 2.51. The largest absolute Gasteiger partial charge is 0.380 e. The summed E-state index contributed by atoms with van der Waals surface area (Å²) in [6.07, 6.45) is 4.75. The molecule has 0 saturated heterocycles. The first-order valence-electron chi connectivity index (χ1n) is 6.41. The first kappa shape index (κ1) is 13.4. The monoisotopic (exact) mass is 255 g/mol. The molecule has 1 aromatic rings. The molecule has 1 aliphatic carbocycles. The summed E-state index contributed by atoms with van der Waals surface area (Å²) in [5.41, 5.74) is 0.759. The topological polar surface area (TPSA) is 21.3 Å². The van der Waals surface area contributed by atoms with Crippen molar-refractivity contribution in [2.24, 2.45) is 0 Å². The number of rotatable bonds is 4. The molecule has 18 heavy (non-hydrogen) atoms. The molecule has 1 saturated carbocycles. The van der Waals surface area contributed by atoms with Gasteiger partial charge in [-0.2, -0.15) is 0 Å². The zero-order valence-electron chi connectivity index (χ0n) is 10.6. The third kappa shape index (κ3) is 3.27. The molecule has 100 valence electrons. The maximum atomic E-state index is 13.1. The van der Waals surface area contributed by atoms with Crippen LogP contribution in [0.4, 0.5) is 8.78 Å². The SMILES string of the molecule is COC1CCCCC1NCc1ccc(F)c(F)c1. The van der Waals surface area contributed by atoms with Crippen LogP contribution >= 0.6 is 0 Å². The highest BCUT2D eigenvalue weighted by Gasteiger charge is 2.24. The van der Waals surface area contributed by atoms with Crippen LogP contribution in [0.25, 0.3) is 0 Å². The molecular formula is C14H19F2NO. The van der Waals surface area contributed by atoms with Gasteiger partial charge in [0.2, 0.25) is 0 Å². The average molecular weight is 255 g/mol. The number of hydrogen-bond donors (Lipinski definition) is 1. The van der Waals surface area contributed by atoms with Crippen molar-refractivity contribution in [3.05, 3.63) is 35.4 Å². The van der Waals surface area contributed by atoms with Gasteiger partial charge in [0.1, 0.15) is 0 Å². The molecule has 4 heteroatoms. The molecule has 0 spiro atoms. The van der Waals surface area contributed by atoms with E-state index in [0.717, 1.165) is 18.4 Å². The Morgan fingerprint density at radius 1 is 1.22 bits per heavy atom. The van der Waals surface area contributed by atoms with Crippen LogP contribution in [0.15, 0.2) is 18.2 Å². The fourth-order valence-corrected chi connectivity index (χ4v) is 2.51. The van der Waals surface area contributed by atoms with Gasteiger partial charge >= 0.3 is 0 Å². The van der Waals surface area contributed by atoms with E-state index in [-0.39, 0.29) is 6.10 Å². The second kappa shape index (κ2) is 6.25. The second-order valence-electron chi connectivity index (χ2n) is 4.79. The molecular weight excluding hydrogens is 236 g/mol. The van der Waals surface area contributed by atoms with E-state index >= 15 is 0 Å². The molecule has 0 aromatic heterocycles. The van der Waals surface area contributed by atoms with Crippen molar-refractivity contribution < 1.29 is 13.5 Å². The molecule has 0 bridgehead atoms. The number of methoxy groups -OCH3 is 1. The predicted molar refractivity (Wildman–Crippen MR) is 66.3 cm³/mol. The van der Waals surface area contributed by atoms with Gasteiger partial charge in [0, 0.05) is 19.7 Å². The maximum Gasteiger partial charge on any atom is 0.159 e.